The second-order valence-corrected chi connectivity index (χ2v) is 4.64. The van der Waals surface area contributed by atoms with Gasteiger partial charge in [0.2, 0.25) is 0 Å². The van der Waals surface area contributed by atoms with Gasteiger partial charge in [0.05, 0.1) is 5.69 Å². The third-order valence-electron chi connectivity index (χ3n) is 2.85. The van der Waals surface area contributed by atoms with Crippen LogP contribution in [0.25, 0.3) is 0 Å². The highest BCUT2D eigenvalue weighted by molar-refractivity contribution is 5.08. The summed E-state index contributed by atoms with van der Waals surface area (Å²) in [5, 5.41) is 3.45. The fourth-order valence-electron chi connectivity index (χ4n) is 1.79. The quantitative estimate of drug-likeness (QED) is 0.766. The third kappa shape index (κ3) is 3.32. The van der Waals surface area contributed by atoms with Gasteiger partial charge in [0.1, 0.15) is 5.76 Å². The van der Waals surface area contributed by atoms with Crippen LogP contribution >= 0.6 is 0 Å². The third-order valence-corrected chi connectivity index (χ3v) is 2.85. The summed E-state index contributed by atoms with van der Waals surface area (Å²) in [4.78, 5) is 4.26. The molecule has 0 spiro atoms. The molecule has 1 atom stereocenters. The van der Waals surface area contributed by atoms with E-state index in [2.05, 4.69) is 17.2 Å². The Morgan fingerprint density at radius 2 is 2.44 bits per heavy atom. The summed E-state index contributed by atoms with van der Waals surface area (Å²) in [7, 11) is 1.73. The Morgan fingerprint density at radius 1 is 1.62 bits per heavy atom. The molecule has 1 aliphatic carbocycles. The van der Waals surface area contributed by atoms with Crippen LogP contribution in [-0.2, 0) is 17.7 Å². The summed E-state index contributed by atoms with van der Waals surface area (Å²) < 4.78 is 10.6. The van der Waals surface area contributed by atoms with Crippen LogP contribution in [0.1, 0.15) is 31.2 Å². The van der Waals surface area contributed by atoms with Gasteiger partial charge in [-0.05, 0) is 18.8 Å². The van der Waals surface area contributed by atoms with Crippen LogP contribution in [0.3, 0.4) is 0 Å². The number of methoxy groups -OCH3 is 1. The molecule has 0 saturated heterocycles. The SMILES string of the molecule is COCC(C)Cc1ocnc1CNC1CC1. The van der Waals surface area contributed by atoms with Crippen molar-refractivity contribution in [3.63, 3.8) is 0 Å². The summed E-state index contributed by atoms with van der Waals surface area (Å²) in [5.41, 5.74) is 1.05. The van der Waals surface area contributed by atoms with Crippen LogP contribution in [0.5, 0.6) is 0 Å². The van der Waals surface area contributed by atoms with E-state index in [9.17, 15) is 0 Å². The number of hydrogen-bond acceptors (Lipinski definition) is 4. The molecule has 16 heavy (non-hydrogen) atoms. The molecule has 1 fully saturated rings. The summed E-state index contributed by atoms with van der Waals surface area (Å²) in [6, 6.07) is 0.709. The predicted molar refractivity (Wildman–Crippen MR) is 61.1 cm³/mol. The van der Waals surface area contributed by atoms with Gasteiger partial charge in [0, 0.05) is 32.7 Å². The molecule has 1 saturated carbocycles. The highest BCUT2D eigenvalue weighted by Crippen LogP contribution is 2.20. The van der Waals surface area contributed by atoms with Gasteiger partial charge >= 0.3 is 0 Å². The molecule has 1 aromatic heterocycles. The van der Waals surface area contributed by atoms with Crippen LogP contribution in [-0.4, -0.2) is 24.7 Å². The maximum atomic E-state index is 5.43. The Hall–Kier alpha value is -0.870. The first-order valence-corrected chi connectivity index (χ1v) is 5.93. The van der Waals surface area contributed by atoms with Gasteiger partial charge in [-0.2, -0.15) is 0 Å². The van der Waals surface area contributed by atoms with E-state index in [4.69, 9.17) is 9.15 Å². The minimum absolute atomic E-state index is 0.470. The van der Waals surface area contributed by atoms with Crippen molar-refractivity contribution in [1.82, 2.24) is 10.3 Å². The Labute approximate surface area is 96.4 Å². The Balaban J connectivity index is 1.84. The van der Waals surface area contributed by atoms with Crippen LogP contribution < -0.4 is 5.32 Å². The van der Waals surface area contributed by atoms with Gasteiger partial charge in [-0.1, -0.05) is 6.92 Å². The molecule has 1 N–H and O–H groups in total. The highest BCUT2D eigenvalue weighted by atomic mass is 16.5. The van der Waals surface area contributed by atoms with E-state index in [0.29, 0.717) is 12.0 Å². The van der Waals surface area contributed by atoms with Gasteiger partial charge in [-0.15, -0.1) is 0 Å². The molecule has 0 aromatic carbocycles. The molecule has 0 radical (unpaired) electrons. The fourth-order valence-corrected chi connectivity index (χ4v) is 1.79. The molecule has 1 heterocycles. The van der Waals surface area contributed by atoms with E-state index in [0.717, 1.165) is 31.0 Å². The first-order chi connectivity index (χ1) is 7.79. The molecule has 2 rings (SSSR count). The van der Waals surface area contributed by atoms with E-state index in [1.807, 2.05) is 0 Å². The first-order valence-electron chi connectivity index (χ1n) is 5.93. The van der Waals surface area contributed by atoms with Gasteiger partial charge < -0.3 is 14.5 Å². The van der Waals surface area contributed by atoms with Crippen LogP contribution in [0, 0.1) is 5.92 Å². The molecule has 1 aliphatic rings. The number of hydrogen-bond donors (Lipinski definition) is 1. The minimum atomic E-state index is 0.470. The number of rotatable bonds is 7. The number of nitrogens with one attached hydrogen (secondary N) is 1. The molecular weight excluding hydrogens is 204 g/mol. The lowest BCUT2D eigenvalue weighted by molar-refractivity contribution is 0.156. The van der Waals surface area contributed by atoms with Crippen LogP contribution in [0.4, 0.5) is 0 Å². The molecule has 0 amide bonds. The summed E-state index contributed by atoms with van der Waals surface area (Å²) in [6.45, 7) is 3.75. The second-order valence-electron chi connectivity index (χ2n) is 4.64. The zero-order chi connectivity index (χ0) is 11.4. The van der Waals surface area contributed by atoms with E-state index in [1.54, 1.807) is 13.5 Å². The van der Waals surface area contributed by atoms with Crippen LogP contribution in [0.2, 0.25) is 0 Å². The number of ether oxygens (including phenoxy) is 1. The Bertz CT molecular complexity index is 321. The summed E-state index contributed by atoms with van der Waals surface area (Å²) in [6.07, 6.45) is 5.04. The number of oxazole rings is 1. The lowest BCUT2D eigenvalue weighted by Gasteiger charge is -2.09. The van der Waals surface area contributed by atoms with Gasteiger partial charge in [0.15, 0.2) is 6.39 Å². The van der Waals surface area contributed by atoms with Crippen molar-refractivity contribution in [2.45, 2.75) is 38.8 Å². The molecule has 90 valence electrons. The van der Waals surface area contributed by atoms with E-state index >= 15 is 0 Å². The average Bonchev–Trinajstić information content (AvgIpc) is 2.98. The lowest BCUT2D eigenvalue weighted by Crippen LogP contribution is -2.17. The molecule has 0 aliphatic heterocycles. The highest BCUT2D eigenvalue weighted by Gasteiger charge is 2.21. The molecule has 1 aromatic rings. The smallest absolute Gasteiger partial charge is 0.181 e. The summed E-state index contributed by atoms with van der Waals surface area (Å²) >= 11 is 0. The Kier molecular flexibility index (Phi) is 3.96. The largest absolute Gasteiger partial charge is 0.448 e. The van der Waals surface area contributed by atoms with Crippen molar-refractivity contribution < 1.29 is 9.15 Å². The maximum Gasteiger partial charge on any atom is 0.181 e. The van der Waals surface area contributed by atoms with E-state index < -0.39 is 0 Å². The molecular formula is C12H20N2O2. The van der Waals surface area contributed by atoms with Crippen molar-refractivity contribution in [3.8, 4) is 0 Å². The molecule has 1 unspecified atom stereocenters. The topological polar surface area (TPSA) is 47.3 Å². The average molecular weight is 224 g/mol. The van der Waals surface area contributed by atoms with Gasteiger partial charge in [-0.3, -0.25) is 0 Å². The minimum Gasteiger partial charge on any atom is -0.448 e. The summed E-state index contributed by atoms with van der Waals surface area (Å²) in [5.74, 6) is 1.47. The van der Waals surface area contributed by atoms with Crippen molar-refractivity contribution in [3.05, 3.63) is 17.8 Å². The number of aromatic nitrogens is 1. The Morgan fingerprint density at radius 3 is 3.12 bits per heavy atom. The van der Waals surface area contributed by atoms with Crippen molar-refractivity contribution in [1.29, 1.82) is 0 Å². The number of nitrogens with zero attached hydrogens (tertiary/aromatic N) is 1. The second kappa shape index (κ2) is 5.46. The molecule has 4 heteroatoms. The van der Waals surface area contributed by atoms with Gasteiger partial charge in [0.25, 0.3) is 0 Å². The maximum absolute atomic E-state index is 5.43. The van der Waals surface area contributed by atoms with Crippen molar-refractivity contribution >= 4 is 0 Å². The zero-order valence-corrected chi connectivity index (χ0v) is 10.0. The van der Waals surface area contributed by atoms with E-state index in [1.165, 1.54) is 12.8 Å². The standard InChI is InChI=1S/C12H20N2O2/c1-9(7-15-2)5-12-11(14-8-16-12)6-13-10-3-4-10/h8-10,13H,3-7H2,1-2H3. The molecule has 0 bridgehead atoms. The fraction of sp³-hybridized carbons (Fsp3) is 0.750. The van der Waals surface area contributed by atoms with E-state index in [-0.39, 0.29) is 0 Å². The van der Waals surface area contributed by atoms with Crippen molar-refractivity contribution in [2.75, 3.05) is 13.7 Å². The monoisotopic (exact) mass is 224 g/mol. The van der Waals surface area contributed by atoms with Crippen LogP contribution in [0.15, 0.2) is 10.8 Å². The normalized spacial score (nSPS) is 17.6. The van der Waals surface area contributed by atoms with Gasteiger partial charge in [-0.25, -0.2) is 4.98 Å². The van der Waals surface area contributed by atoms with Crippen molar-refractivity contribution in [2.24, 2.45) is 5.92 Å². The molecule has 4 nitrogen and oxygen atoms in total. The lowest BCUT2D eigenvalue weighted by atomic mass is 10.1. The first kappa shape index (κ1) is 11.6. The zero-order valence-electron chi connectivity index (χ0n) is 10.0. The predicted octanol–water partition coefficient (Wildman–Crippen LogP) is 1.75.